The molecule has 1 aromatic rings. The van der Waals surface area contributed by atoms with Gasteiger partial charge in [-0.2, -0.15) is 0 Å². The molecule has 0 heterocycles. The zero-order valence-electron chi connectivity index (χ0n) is 13.6. The van der Waals surface area contributed by atoms with Crippen molar-refractivity contribution in [1.29, 1.82) is 0 Å². The van der Waals surface area contributed by atoms with E-state index in [0.717, 1.165) is 6.54 Å². The first-order valence-electron chi connectivity index (χ1n) is 8.24. The van der Waals surface area contributed by atoms with Gasteiger partial charge in [0.05, 0.1) is 0 Å². The topological polar surface area (TPSA) is 29.3 Å². The molecule has 1 aromatic carbocycles. The summed E-state index contributed by atoms with van der Waals surface area (Å²) in [6, 6.07) is 7.68. The van der Waals surface area contributed by atoms with Crippen LogP contribution in [0.4, 0.5) is 0 Å². The maximum atomic E-state index is 6.19. The first kappa shape index (κ1) is 17.0. The number of rotatable bonds is 6. The lowest BCUT2D eigenvalue weighted by Crippen LogP contribution is -2.42. The van der Waals surface area contributed by atoms with Crippen molar-refractivity contribution in [2.24, 2.45) is 11.7 Å². The molecule has 0 amide bonds. The molecular formula is C18H29BrN2. The van der Waals surface area contributed by atoms with E-state index in [1.807, 2.05) is 0 Å². The van der Waals surface area contributed by atoms with Gasteiger partial charge in [-0.25, -0.2) is 0 Å². The highest BCUT2D eigenvalue weighted by molar-refractivity contribution is 9.10. The summed E-state index contributed by atoms with van der Waals surface area (Å²) in [5, 5.41) is 0. The van der Waals surface area contributed by atoms with Crippen LogP contribution in [0.25, 0.3) is 0 Å². The van der Waals surface area contributed by atoms with Gasteiger partial charge in [0.15, 0.2) is 0 Å². The quantitative estimate of drug-likeness (QED) is 0.806. The fourth-order valence-corrected chi connectivity index (χ4v) is 4.29. The Morgan fingerprint density at radius 3 is 2.48 bits per heavy atom. The van der Waals surface area contributed by atoms with Crippen LogP contribution in [0.1, 0.15) is 56.7 Å². The van der Waals surface area contributed by atoms with Crippen molar-refractivity contribution in [2.75, 3.05) is 13.1 Å². The van der Waals surface area contributed by atoms with Gasteiger partial charge < -0.3 is 5.73 Å². The zero-order valence-corrected chi connectivity index (χ0v) is 15.2. The molecule has 21 heavy (non-hydrogen) atoms. The number of nitrogens with two attached hydrogens (primary N) is 1. The number of hydrogen-bond donors (Lipinski definition) is 1. The minimum Gasteiger partial charge on any atom is -0.329 e. The minimum atomic E-state index is 0.325. The monoisotopic (exact) mass is 352 g/mol. The van der Waals surface area contributed by atoms with E-state index in [-0.39, 0.29) is 0 Å². The standard InChI is InChI=1S/C18H29BrN2/c1-13(2)12-21(15-6-4-5-7-15)18(11-20)16-9-8-14(3)10-17(16)19/h8-10,13,15,18H,4-7,11-12,20H2,1-3H3. The minimum absolute atomic E-state index is 0.325. The molecule has 0 saturated heterocycles. The Balaban J connectivity index is 2.29. The maximum Gasteiger partial charge on any atom is 0.0484 e. The summed E-state index contributed by atoms with van der Waals surface area (Å²) in [5.74, 6) is 0.670. The summed E-state index contributed by atoms with van der Waals surface area (Å²) in [5.41, 5.74) is 8.83. The molecule has 0 spiro atoms. The van der Waals surface area contributed by atoms with Gasteiger partial charge in [-0.3, -0.25) is 4.90 Å². The predicted octanol–water partition coefficient (Wildman–Crippen LogP) is 4.66. The summed E-state index contributed by atoms with van der Waals surface area (Å²) in [7, 11) is 0. The molecule has 1 atom stereocenters. The Morgan fingerprint density at radius 2 is 1.95 bits per heavy atom. The normalized spacial score (nSPS) is 17.9. The Morgan fingerprint density at radius 1 is 1.29 bits per heavy atom. The summed E-state index contributed by atoms with van der Waals surface area (Å²) in [6.45, 7) is 8.56. The van der Waals surface area contributed by atoms with E-state index in [1.54, 1.807) is 0 Å². The van der Waals surface area contributed by atoms with Gasteiger partial charge in [0.25, 0.3) is 0 Å². The number of aryl methyl sites for hydroxylation is 1. The molecule has 118 valence electrons. The number of hydrogen-bond acceptors (Lipinski definition) is 2. The molecule has 1 fully saturated rings. The molecule has 0 radical (unpaired) electrons. The van der Waals surface area contributed by atoms with Gasteiger partial charge in [0, 0.05) is 29.6 Å². The van der Waals surface area contributed by atoms with Crippen LogP contribution in [-0.2, 0) is 0 Å². The number of benzene rings is 1. The molecule has 0 aliphatic heterocycles. The van der Waals surface area contributed by atoms with E-state index in [4.69, 9.17) is 5.73 Å². The average Bonchev–Trinajstić information content (AvgIpc) is 2.94. The summed E-state index contributed by atoms with van der Waals surface area (Å²) in [6.07, 6.45) is 5.39. The predicted molar refractivity (Wildman–Crippen MR) is 94.5 cm³/mol. The molecule has 3 heteroatoms. The second-order valence-electron chi connectivity index (χ2n) is 6.81. The number of nitrogens with zero attached hydrogens (tertiary/aromatic N) is 1. The highest BCUT2D eigenvalue weighted by Crippen LogP contribution is 2.34. The van der Waals surface area contributed by atoms with Crippen molar-refractivity contribution in [1.82, 2.24) is 4.90 Å². The van der Waals surface area contributed by atoms with Crippen LogP contribution >= 0.6 is 15.9 Å². The Bertz CT molecular complexity index is 453. The van der Waals surface area contributed by atoms with E-state index in [9.17, 15) is 0 Å². The maximum absolute atomic E-state index is 6.19. The van der Waals surface area contributed by atoms with Gasteiger partial charge in [0.1, 0.15) is 0 Å². The Hall–Kier alpha value is -0.380. The lowest BCUT2D eigenvalue weighted by Gasteiger charge is -2.38. The molecule has 0 aromatic heterocycles. The third kappa shape index (κ3) is 4.30. The van der Waals surface area contributed by atoms with Gasteiger partial charge in [-0.1, -0.05) is 54.8 Å². The third-order valence-corrected chi connectivity index (χ3v) is 5.19. The van der Waals surface area contributed by atoms with Crippen LogP contribution in [0.15, 0.2) is 22.7 Å². The Labute approximate surface area is 138 Å². The van der Waals surface area contributed by atoms with Gasteiger partial charge in [-0.15, -0.1) is 0 Å². The summed E-state index contributed by atoms with van der Waals surface area (Å²) in [4.78, 5) is 2.67. The van der Waals surface area contributed by atoms with Crippen LogP contribution < -0.4 is 5.73 Å². The van der Waals surface area contributed by atoms with E-state index in [2.05, 4.69) is 59.8 Å². The van der Waals surface area contributed by atoms with E-state index in [0.29, 0.717) is 24.5 Å². The van der Waals surface area contributed by atoms with E-state index in [1.165, 1.54) is 41.3 Å². The smallest absolute Gasteiger partial charge is 0.0484 e. The van der Waals surface area contributed by atoms with E-state index >= 15 is 0 Å². The van der Waals surface area contributed by atoms with Crippen molar-refractivity contribution in [3.8, 4) is 0 Å². The van der Waals surface area contributed by atoms with Crippen LogP contribution in [0.3, 0.4) is 0 Å². The second kappa shape index (κ2) is 7.75. The zero-order chi connectivity index (χ0) is 15.4. The lowest BCUT2D eigenvalue weighted by atomic mass is 9.99. The van der Waals surface area contributed by atoms with Crippen LogP contribution in [0.2, 0.25) is 0 Å². The molecule has 1 aliphatic carbocycles. The fraction of sp³-hybridized carbons (Fsp3) is 0.667. The van der Waals surface area contributed by atoms with Crippen molar-refractivity contribution in [2.45, 2.75) is 58.5 Å². The second-order valence-corrected chi connectivity index (χ2v) is 7.66. The molecule has 1 saturated carbocycles. The first-order chi connectivity index (χ1) is 10.0. The van der Waals surface area contributed by atoms with Crippen molar-refractivity contribution < 1.29 is 0 Å². The van der Waals surface area contributed by atoms with Crippen molar-refractivity contribution in [3.05, 3.63) is 33.8 Å². The largest absolute Gasteiger partial charge is 0.329 e. The highest BCUT2D eigenvalue weighted by atomic mass is 79.9. The molecule has 2 N–H and O–H groups in total. The third-order valence-electron chi connectivity index (χ3n) is 4.51. The molecular weight excluding hydrogens is 324 g/mol. The van der Waals surface area contributed by atoms with E-state index < -0.39 is 0 Å². The Kier molecular flexibility index (Phi) is 6.27. The molecule has 2 rings (SSSR count). The molecule has 1 aliphatic rings. The fourth-order valence-electron chi connectivity index (χ4n) is 3.53. The van der Waals surface area contributed by atoms with Crippen molar-refractivity contribution in [3.63, 3.8) is 0 Å². The van der Waals surface area contributed by atoms with Gasteiger partial charge in [0.2, 0.25) is 0 Å². The van der Waals surface area contributed by atoms with Crippen LogP contribution in [-0.4, -0.2) is 24.0 Å². The van der Waals surface area contributed by atoms with Crippen LogP contribution in [0, 0.1) is 12.8 Å². The average molecular weight is 353 g/mol. The first-order valence-corrected chi connectivity index (χ1v) is 9.04. The molecule has 1 unspecified atom stereocenters. The van der Waals surface area contributed by atoms with Crippen molar-refractivity contribution >= 4 is 15.9 Å². The van der Waals surface area contributed by atoms with Gasteiger partial charge >= 0.3 is 0 Å². The lowest BCUT2D eigenvalue weighted by molar-refractivity contribution is 0.121. The molecule has 2 nitrogen and oxygen atoms in total. The summed E-state index contributed by atoms with van der Waals surface area (Å²) >= 11 is 3.75. The number of halogens is 1. The molecule has 0 bridgehead atoms. The van der Waals surface area contributed by atoms with Gasteiger partial charge in [-0.05, 0) is 42.9 Å². The SMILES string of the molecule is Cc1ccc(C(CN)N(CC(C)C)C2CCCC2)c(Br)c1. The van der Waals surface area contributed by atoms with Crippen LogP contribution in [0.5, 0.6) is 0 Å². The summed E-state index contributed by atoms with van der Waals surface area (Å²) < 4.78 is 1.20. The highest BCUT2D eigenvalue weighted by Gasteiger charge is 2.30.